The molecule has 0 amide bonds. The highest BCUT2D eigenvalue weighted by atomic mass is 35.5. The molecule has 1 N–H and O–H groups in total. The third-order valence-corrected chi connectivity index (χ3v) is 3.98. The van der Waals surface area contributed by atoms with Gasteiger partial charge in [0.1, 0.15) is 5.82 Å². The van der Waals surface area contributed by atoms with Crippen molar-refractivity contribution in [3.05, 3.63) is 51.6 Å². The van der Waals surface area contributed by atoms with Crippen LogP contribution in [0.2, 0.25) is 5.02 Å². The number of aryl methyl sites for hydroxylation is 2. The summed E-state index contributed by atoms with van der Waals surface area (Å²) in [5.41, 5.74) is 4.35. The molecule has 1 aromatic carbocycles. The molecule has 1 aromatic heterocycles. The number of nitrogens with zero attached hydrogens (tertiary/aromatic N) is 2. The summed E-state index contributed by atoms with van der Waals surface area (Å²) in [5, 5.41) is 7.97. The van der Waals surface area contributed by atoms with Crippen LogP contribution in [0.5, 0.6) is 0 Å². The molecule has 0 aliphatic rings. The molecule has 5 heteroatoms. The number of rotatable bonds is 4. The lowest BCUT2D eigenvalue weighted by atomic mass is 10.1. The Labute approximate surface area is 123 Å². The summed E-state index contributed by atoms with van der Waals surface area (Å²) >= 11 is 5.81. The first-order valence-electron chi connectivity index (χ1n) is 6.57. The summed E-state index contributed by atoms with van der Waals surface area (Å²) in [7, 11) is 1.94. The maximum absolute atomic E-state index is 13.2. The van der Waals surface area contributed by atoms with Gasteiger partial charge in [-0.1, -0.05) is 17.7 Å². The molecule has 0 spiro atoms. The molecule has 2 aromatic rings. The summed E-state index contributed by atoms with van der Waals surface area (Å²) in [5.74, 6) is -0.387. The van der Waals surface area contributed by atoms with E-state index in [1.54, 1.807) is 12.1 Å². The van der Waals surface area contributed by atoms with Crippen LogP contribution in [0, 0.1) is 19.7 Å². The number of nitrogens with one attached hydrogen (secondary N) is 1. The van der Waals surface area contributed by atoms with Gasteiger partial charge in [-0.25, -0.2) is 4.39 Å². The Morgan fingerprint density at radius 3 is 2.65 bits per heavy atom. The molecule has 0 saturated heterocycles. The van der Waals surface area contributed by atoms with Crippen LogP contribution in [-0.4, -0.2) is 9.78 Å². The highest BCUT2D eigenvalue weighted by molar-refractivity contribution is 6.30. The van der Waals surface area contributed by atoms with Gasteiger partial charge in [-0.3, -0.25) is 4.68 Å². The minimum atomic E-state index is -0.387. The van der Waals surface area contributed by atoms with E-state index in [9.17, 15) is 4.39 Å². The number of halogens is 2. The molecule has 108 valence electrons. The third-order valence-electron chi connectivity index (χ3n) is 3.69. The summed E-state index contributed by atoms with van der Waals surface area (Å²) in [6.45, 7) is 6.81. The van der Waals surface area contributed by atoms with Gasteiger partial charge in [0.2, 0.25) is 0 Å². The number of benzene rings is 1. The van der Waals surface area contributed by atoms with Gasteiger partial charge < -0.3 is 5.32 Å². The predicted octanol–water partition coefficient (Wildman–Crippen LogP) is 3.68. The lowest BCUT2D eigenvalue weighted by Crippen LogP contribution is -2.19. The van der Waals surface area contributed by atoms with Crippen LogP contribution in [0.15, 0.2) is 18.2 Å². The van der Waals surface area contributed by atoms with Crippen LogP contribution in [0.4, 0.5) is 4.39 Å². The summed E-state index contributed by atoms with van der Waals surface area (Å²) in [6, 6.07) is 4.91. The van der Waals surface area contributed by atoms with E-state index in [1.165, 1.54) is 11.6 Å². The fourth-order valence-corrected chi connectivity index (χ4v) is 2.42. The molecular weight excluding hydrogens is 277 g/mol. The van der Waals surface area contributed by atoms with E-state index < -0.39 is 0 Å². The van der Waals surface area contributed by atoms with Crippen LogP contribution in [0.1, 0.15) is 35.5 Å². The van der Waals surface area contributed by atoms with Crippen molar-refractivity contribution in [1.82, 2.24) is 15.1 Å². The van der Waals surface area contributed by atoms with Crippen molar-refractivity contribution in [2.45, 2.75) is 33.4 Å². The second-order valence-electron chi connectivity index (χ2n) is 5.05. The second kappa shape index (κ2) is 5.94. The smallest absolute Gasteiger partial charge is 0.141 e. The first-order valence-corrected chi connectivity index (χ1v) is 6.95. The van der Waals surface area contributed by atoms with Gasteiger partial charge in [0, 0.05) is 30.9 Å². The molecule has 1 atom stereocenters. The van der Waals surface area contributed by atoms with Crippen molar-refractivity contribution in [2.75, 3.05) is 0 Å². The summed E-state index contributed by atoms with van der Waals surface area (Å²) in [4.78, 5) is 0. The van der Waals surface area contributed by atoms with Gasteiger partial charge >= 0.3 is 0 Å². The minimum absolute atomic E-state index is 0.0899. The average Bonchev–Trinajstić information content (AvgIpc) is 2.64. The first kappa shape index (κ1) is 15.0. The fraction of sp³-hybridized carbons (Fsp3) is 0.400. The minimum Gasteiger partial charge on any atom is -0.306 e. The summed E-state index contributed by atoms with van der Waals surface area (Å²) in [6.07, 6.45) is 0. The molecule has 0 aliphatic heterocycles. The van der Waals surface area contributed by atoms with Crippen molar-refractivity contribution >= 4 is 11.6 Å². The monoisotopic (exact) mass is 295 g/mol. The lowest BCUT2D eigenvalue weighted by Gasteiger charge is -2.15. The van der Waals surface area contributed by atoms with E-state index in [-0.39, 0.29) is 16.9 Å². The Morgan fingerprint density at radius 1 is 1.40 bits per heavy atom. The molecule has 20 heavy (non-hydrogen) atoms. The van der Waals surface area contributed by atoms with Gasteiger partial charge in [-0.2, -0.15) is 5.10 Å². The van der Waals surface area contributed by atoms with E-state index in [4.69, 9.17) is 11.6 Å². The van der Waals surface area contributed by atoms with Crippen molar-refractivity contribution < 1.29 is 4.39 Å². The number of hydrogen-bond donors (Lipinski definition) is 1. The predicted molar refractivity (Wildman–Crippen MR) is 79.3 cm³/mol. The van der Waals surface area contributed by atoms with E-state index >= 15 is 0 Å². The molecule has 0 saturated carbocycles. The zero-order valence-corrected chi connectivity index (χ0v) is 12.9. The van der Waals surface area contributed by atoms with Crippen molar-refractivity contribution in [2.24, 2.45) is 7.05 Å². The third kappa shape index (κ3) is 3.02. The SMILES string of the molecule is Cc1nn(C)c(C)c1CNC(C)c1ccc(F)c(Cl)c1. The van der Waals surface area contributed by atoms with Crippen LogP contribution in [-0.2, 0) is 13.6 Å². The van der Waals surface area contributed by atoms with Gasteiger partial charge in [0.15, 0.2) is 0 Å². The lowest BCUT2D eigenvalue weighted by molar-refractivity contribution is 0.568. The molecule has 2 rings (SSSR count). The zero-order chi connectivity index (χ0) is 14.9. The van der Waals surface area contributed by atoms with E-state index in [0.717, 1.165) is 23.5 Å². The largest absolute Gasteiger partial charge is 0.306 e. The molecule has 0 radical (unpaired) electrons. The van der Waals surface area contributed by atoms with E-state index in [2.05, 4.69) is 17.3 Å². The second-order valence-corrected chi connectivity index (χ2v) is 5.46. The standard InChI is InChI=1S/C15H19ClFN3/c1-9(12-5-6-15(17)14(16)7-12)18-8-13-10(2)19-20(4)11(13)3/h5-7,9,18H,8H2,1-4H3. The van der Waals surface area contributed by atoms with Crippen LogP contribution in [0.3, 0.4) is 0 Å². The van der Waals surface area contributed by atoms with Crippen LogP contribution in [0.25, 0.3) is 0 Å². The van der Waals surface area contributed by atoms with E-state index in [1.807, 2.05) is 25.6 Å². The Hall–Kier alpha value is -1.39. The first-order chi connectivity index (χ1) is 9.40. The van der Waals surface area contributed by atoms with Crippen molar-refractivity contribution in [3.63, 3.8) is 0 Å². The normalized spacial score (nSPS) is 12.7. The quantitative estimate of drug-likeness (QED) is 0.932. The highest BCUT2D eigenvalue weighted by Crippen LogP contribution is 2.21. The van der Waals surface area contributed by atoms with Crippen LogP contribution >= 0.6 is 11.6 Å². The molecule has 1 unspecified atom stereocenters. The molecule has 0 bridgehead atoms. The maximum Gasteiger partial charge on any atom is 0.141 e. The Morgan fingerprint density at radius 2 is 2.10 bits per heavy atom. The Bertz CT molecular complexity index is 622. The molecule has 1 heterocycles. The van der Waals surface area contributed by atoms with Crippen LogP contribution < -0.4 is 5.32 Å². The Balaban J connectivity index is 2.08. The summed E-state index contributed by atoms with van der Waals surface area (Å²) < 4.78 is 15.0. The fourth-order valence-electron chi connectivity index (χ4n) is 2.23. The molecular formula is C15H19ClFN3. The Kier molecular flexibility index (Phi) is 4.45. The number of aromatic nitrogens is 2. The topological polar surface area (TPSA) is 29.9 Å². The zero-order valence-electron chi connectivity index (χ0n) is 12.2. The van der Waals surface area contributed by atoms with Gasteiger partial charge in [-0.15, -0.1) is 0 Å². The average molecular weight is 296 g/mol. The van der Waals surface area contributed by atoms with E-state index in [0.29, 0.717) is 0 Å². The van der Waals surface area contributed by atoms with Gasteiger partial charge in [0.25, 0.3) is 0 Å². The van der Waals surface area contributed by atoms with Crippen molar-refractivity contribution in [1.29, 1.82) is 0 Å². The molecule has 0 fully saturated rings. The molecule has 0 aliphatic carbocycles. The van der Waals surface area contributed by atoms with Crippen molar-refractivity contribution in [3.8, 4) is 0 Å². The molecule has 3 nitrogen and oxygen atoms in total. The number of hydrogen-bond acceptors (Lipinski definition) is 2. The van der Waals surface area contributed by atoms with Gasteiger partial charge in [0.05, 0.1) is 10.7 Å². The van der Waals surface area contributed by atoms with Gasteiger partial charge in [-0.05, 0) is 38.5 Å². The highest BCUT2D eigenvalue weighted by Gasteiger charge is 2.12. The maximum atomic E-state index is 13.2.